The van der Waals surface area contributed by atoms with E-state index in [1.54, 1.807) is 0 Å². The topological polar surface area (TPSA) is 61.0 Å². The predicted molar refractivity (Wildman–Crippen MR) is 77.5 cm³/mol. The number of hydrogen-bond donors (Lipinski definition) is 2. The van der Waals surface area contributed by atoms with Crippen molar-refractivity contribution in [1.29, 1.82) is 0 Å². The van der Waals surface area contributed by atoms with Gasteiger partial charge in [-0.1, -0.05) is 12.8 Å². The molecule has 2 amide bonds. The summed E-state index contributed by atoms with van der Waals surface area (Å²) in [6.45, 7) is 4.94. The Morgan fingerprint density at radius 2 is 2.05 bits per heavy atom. The highest BCUT2D eigenvalue weighted by molar-refractivity contribution is 5.75. The summed E-state index contributed by atoms with van der Waals surface area (Å²) in [4.78, 5) is 14.6. The van der Waals surface area contributed by atoms with Crippen molar-refractivity contribution in [3.63, 3.8) is 0 Å². The lowest BCUT2D eigenvalue weighted by Gasteiger charge is -2.30. The standard InChI is InChI=1S/C15H24N4O/c1-10-14(11(2)18-17-10)13-6-4-3-5-9-19(13)15(20)16-12-7-8-12/h12-13H,3-9H2,1-2H3,(H,16,20)(H,17,18). The van der Waals surface area contributed by atoms with Crippen LogP contribution in [0.15, 0.2) is 0 Å². The van der Waals surface area contributed by atoms with Crippen molar-refractivity contribution in [1.82, 2.24) is 20.4 Å². The Hall–Kier alpha value is -1.52. The number of urea groups is 1. The lowest BCUT2D eigenvalue weighted by molar-refractivity contribution is 0.175. The van der Waals surface area contributed by atoms with Crippen LogP contribution in [0.1, 0.15) is 61.5 Å². The van der Waals surface area contributed by atoms with Crippen molar-refractivity contribution in [2.24, 2.45) is 0 Å². The summed E-state index contributed by atoms with van der Waals surface area (Å²) in [5, 5.41) is 10.5. The fraction of sp³-hybridized carbons (Fsp3) is 0.733. The van der Waals surface area contributed by atoms with E-state index < -0.39 is 0 Å². The molecule has 0 aromatic carbocycles. The van der Waals surface area contributed by atoms with Crippen molar-refractivity contribution in [2.75, 3.05) is 6.54 Å². The highest BCUT2D eigenvalue weighted by Crippen LogP contribution is 2.33. The molecule has 1 saturated heterocycles. The maximum atomic E-state index is 12.5. The van der Waals surface area contributed by atoms with Crippen LogP contribution >= 0.6 is 0 Å². The van der Waals surface area contributed by atoms with Crippen LogP contribution in [-0.4, -0.2) is 33.7 Å². The first-order valence-electron chi connectivity index (χ1n) is 7.75. The Morgan fingerprint density at radius 3 is 2.70 bits per heavy atom. The van der Waals surface area contributed by atoms with Crippen LogP contribution in [0.3, 0.4) is 0 Å². The SMILES string of the molecule is Cc1n[nH]c(C)c1C1CCCCCN1C(=O)NC1CC1. The molecule has 2 heterocycles. The van der Waals surface area contributed by atoms with Gasteiger partial charge in [0.1, 0.15) is 0 Å². The van der Waals surface area contributed by atoms with Crippen molar-refractivity contribution < 1.29 is 4.79 Å². The molecule has 5 nitrogen and oxygen atoms in total. The molecule has 5 heteroatoms. The second-order valence-electron chi connectivity index (χ2n) is 6.13. The lowest BCUT2D eigenvalue weighted by atomic mass is 9.99. The zero-order valence-electron chi connectivity index (χ0n) is 12.4. The Morgan fingerprint density at radius 1 is 1.25 bits per heavy atom. The van der Waals surface area contributed by atoms with Crippen LogP contribution in [0.4, 0.5) is 4.79 Å². The highest BCUT2D eigenvalue weighted by Gasteiger charge is 2.32. The van der Waals surface area contributed by atoms with Gasteiger partial charge in [0.05, 0.1) is 11.7 Å². The minimum absolute atomic E-state index is 0.111. The average Bonchev–Trinajstić information content (AvgIpc) is 3.19. The zero-order valence-corrected chi connectivity index (χ0v) is 12.4. The minimum Gasteiger partial charge on any atom is -0.335 e. The van der Waals surface area contributed by atoms with Gasteiger partial charge < -0.3 is 10.2 Å². The van der Waals surface area contributed by atoms with E-state index in [0.29, 0.717) is 6.04 Å². The van der Waals surface area contributed by atoms with Crippen molar-refractivity contribution in [3.8, 4) is 0 Å². The van der Waals surface area contributed by atoms with Gasteiger partial charge in [-0.2, -0.15) is 5.10 Å². The van der Waals surface area contributed by atoms with E-state index in [2.05, 4.69) is 22.4 Å². The molecule has 3 rings (SSSR count). The Labute approximate surface area is 120 Å². The fourth-order valence-electron chi connectivity index (χ4n) is 3.19. The third kappa shape index (κ3) is 2.67. The zero-order chi connectivity index (χ0) is 14.1. The van der Waals surface area contributed by atoms with Crippen molar-refractivity contribution >= 4 is 6.03 Å². The van der Waals surface area contributed by atoms with E-state index in [9.17, 15) is 4.79 Å². The van der Waals surface area contributed by atoms with Gasteiger partial charge in [0, 0.05) is 23.8 Å². The molecule has 1 saturated carbocycles. The molecule has 1 unspecified atom stereocenters. The van der Waals surface area contributed by atoms with E-state index in [4.69, 9.17) is 0 Å². The van der Waals surface area contributed by atoms with Crippen molar-refractivity contribution in [3.05, 3.63) is 17.0 Å². The van der Waals surface area contributed by atoms with Gasteiger partial charge in [-0.3, -0.25) is 5.10 Å². The molecule has 1 atom stereocenters. The van der Waals surface area contributed by atoms with E-state index in [1.165, 1.54) is 18.4 Å². The number of carbonyl (C=O) groups is 1. The third-order valence-corrected chi connectivity index (χ3v) is 4.44. The summed E-state index contributed by atoms with van der Waals surface area (Å²) >= 11 is 0. The summed E-state index contributed by atoms with van der Waals surface area (Å²) in [7, 11) is 0. The molecule has 2 fully saturated rings. The number of nitrogens with zero attached hydrogens (tertiary/aromatic N) is 2. The number of aromatic amines is 1. The second-order valence-corrected chi connectivity index (χ2v) is 6.13. The number of likely N-dealkylation sites (tertiary alicyclic amines) is 1. The summed E-state index contributed by atoms with van der Waals surface area (Å²) in [6.07, 6.45) is 6.80. The van der Waals surface area contributed by atoms with Crippen LogP contribution in [0.5, 0.6) is 0 Å². The van der Waals surface area contributed by atoms with E-state index >= 15 is 0 Å². The Balaban J connectivity index is 1.85. The van der Waals surface area contributed by atoms with Gasteiger partial charge in [-0.05, 0) is 39.5 Å². The first-order valence-corrected chi connectivity index (χ1v) is 7.75. The summed E-state index contributed by atoms with van der Waals surface area (Å²) in [6, 6.07) is 0.701. The molecular weight excluding hydrogens is 252 g/mol. The first-order chi connectivity index (χ1) is 9.66. The molecule has 1 aromatic heterocycles. The van der Waals surface area contributed by atoms with Gasteiger partial charge >= 0.3 is 6.03 Å². The number of rotatable bonds is 2. The lowest BCUT2D eigenvalue weighted by Crippen LogP contribution is -2.43. The predicted octanol–water partition coefficient (Wildman–Crippen LogP) is 2.82. The molecule has 0 spiro atoms. The van der Waals surface area contributed by atoms with E-state index in [0.717, 1.165) is 43.6 Å². The molecule has 2 aliphatic rings. The summed E-state index contributed by atoms with van der Waals surface area (Å²) < 4.78 is 0. The Bertz CT molecular complexity index is 473. The van der Waals surface area contributed by atoms with Gasteiger partial charge in [0.2, 0.25) is 0 Å². The highest BCUT2D eigenvalue weighted by atomic mass is 16.2. The number of amides is 2. The monoisotopic (exact) mass is 276 g/mol. The smallest absolute Gasteiger partial charge is 0.318 e. The molecule has 20 heavy (non-hydrogen) atoms. The number of aromatic nitrogens is 2. The van der Waals surface area contributed by atoms with Gasteiger partial charge in [-0.15, -0.1) is 0 Å². The summed E-state index contributed by atoms with van der Waals surface area (Å²) in [5.74, 6) is 0. The van der Waals surface area contributed by atoms with E-state index in [-0.39, 0.29) is 12.1 Å². The van der Waals surface area contributed by atoms with Gasteiger partial charge in [-0.25, -0.2) is 4.79 Å². The molecule has 1 aliphatic heterocycles. The number of H-pyrrole nitrogens is 1. The number of aryl methyl sites for hydroxylation is 2. The van der Waals surface area contributed by atoms with Crippen molar-refractivity contribution in [2.45, 2.75) is 64.5 Å². The maximum absolute atomic E-state index is 12.5. The number of nitrogens with one attached hydrogen (secondary N) is 2. The van der Waals surface area contributed by atoms with Gasteiger partial charge in [0.15, 0.2) is 0 Å². The largest absolute Gasteiger partial charge is 0.335 e. The maximum Gasteiger partial charge on any atom is 0.318 e. The average molecular weight is 276 g/mol. The normalized spacial score (nSPS) is 23.5. The van der Waals surface area contributed by atoms with E-state index in [1.807, 2.05) is 11.8 Å². The third-order valence-electron chi connectivity index (χ3n) is 4.44. The molecule has 0 bridgehead atoms. The van der Waals surface area contributed by atoms with Crippen LogP contribution < -0.4 is 5.32 Å². The second kappa shape index (κ2) is 5.46. The fourth-order valence-corrected chi connectivity index (χ4v) is 3.19. The quantitative estimate of drug-likeness (QED) is 0.872. The molecule has 1 aliphatic carbocycles. The van der Waals surface area contributed by atoms with Crippen LogP contribution in [0, 0.1) is 13.8 Å². The van der Waals surface area contributed by atoms with Crippen LogP contribution in [0.2, 0.25) is 0 Å². The van der Waals surface area contributed by atoms with Crippen LogP contribution in [-0.2, 0) is 0 Å². The molecule has 0 radical (unpaired) electrons. The minimum atomic E-state index is 0.111. The molecule has 110 valence electrons. The molecule has 1 aromatic rings. The Kier molecular flexibility index (Phi) is 3.68. The number of carbonyl (C=O) groups excluding carboxylic acids is 1. The first kappa shape index (κ1) is 13.5. The number of hydrogen-bond acceptors (Lipinski definition) is 2. The van der Waals surface area contributed by atoms with Crippen LogP contribution in [0.25, 0.3) is 0 Å². The summed E-state index contributed by atoms with van der Waals surface area (Å²) in [5.41, 5.74) is 3.34. The molecule has 2 N–H and O–H groups in total. The molecular formula is C15H24N4O. The van der Waals surface area contributed by atoms with Gasteiger partial charge in [0.25, 0.3) is 0 Å².